The number of thiophene rings is 1. The summed E-state index contributed by atoms with van der Waals surface area (Å²) < 4.78 is 2.39. The molecule has 2 heterocycles. The van der Waals surface area contributed by atoms with Crippen LogP contribution in [0.5, 0.6) is 0 Å². The van der Waals surface area contributed by atoms with Gasteiger partial charge in [0.25, 0.3) is 5.24 Å². The summed E-state index contributed by atoms with van der Waals surface area (Å²) in [4.78, 5) is 11.9. The van der Waals surface area contributed by atoms with Crippen LogP contribution in [0.2, 0.25) is 4.34 Å². The van der Waals surface area contributed by atoms with Crippen molar-refractivity contribution in [2.24, 2.45) is 0 Å². The zero-order chi connectivity index (χ0) is 10.8. The second-order valence-corrected chi connectivity index (χ2v) is 5.05. The molecule has 0 N–H and O–H groups in total. The number of nitrogens with zero attached hydrogens (tertiary/aromatic N) is 2. The van der Waals surface area contributed by atoms with Crippen molar-refractivity contribution in [3.63, 3.8) is 0 Å². The molecule has 2 aromatic heterocycles. The van der Waals surface area contributed by atoms with Crippen molar-refractivity contribution < 1.29 is 4.79 Å². The van der Waals surface area contributed by atoms with Crippen LogP contribution in [-0.2, 0) is 6.54 Å². The summed E-state index contributed by atoms with van der Waals surface area (Å²) in [6.45, 7) is 0.599. The molecule has 0 aliphatic carbocycles. The zero-order valence-electron chi connectivity index (χ0n) is 7.48. The summed E-state index contributed by atoms with van der Waals surface area (Å²) in [5.74, 6) is 0. The standard InChI is InChI=1S/C9H6Cl2N2OS/c10-8-2-1-7(15-8)5-13-4-6(3-12-13)9(11)14/h1-4H,5H2. The summed E-state index contributed by atoms with van der Waals surface area (Å²) >= 11 is 12.6. The maximum atomic E-state index is 10.8. The van der Waals surface area contributed by atoms with Crippen LogP contribution in [0, 0.1) is 0 Å². The quantitative estimate of drug-likeness (QED) is 0.796. The van der Waals surface area contributed by atoms with Crippen molar-refractivity contribution in [1.29, 1.82) is 0 Å². The van der Waals surface area contributed by atoms with E-state index < -0.39 is 5.24 Å². The fraction of sp³-hybridized carbons (Fsp3) is 0.111. The molecule has 0 aromatic carbocycles. The van der Waals surface area contributed by atoms with Crippen molar-refractivity contribution in [2.75, 3.05) is 0 Å². The second-order valence-electron chi connectivity index (χ2n) is 2.91. The van der Waals surface area contributed by atoms with Gasteiger partial charge >= 0.3 is 0 Å². The van der Waals surface area contributed by atoms with Crippen LogP contribution in [0.4, 0.5) is 0 Å². The third-order valence-corrected chi connectivity index (χ3v) is 3.24. The van der Waals surface area contributed by atoms with Crippen LogP contribution >= 0.6 is 34.5 Å². The minimum absolute atomic E-state index is 0.402. The summed E-state index contributed by atoms with van der Waals surface area (Å²) in [5.41, 5.74) is 0.402. The summed E-state index contributed by atoms with van der Waals surface area (Å²) in [7, 11) is 0. The van der Waals surface area contributed by atoms with Crippen molar-refractivity contribution in [2.45, 2.75) is 6.54 Å². The Labute approximate surface area is 100 Å². The monoisotopic (exact) mass is 260 g/mol. The SMILES string of the molecule is O=C(Cl)c1cnn(Cc2ccc(Cl)s2)c1. The summed E-state index contributed by atoms with van der Waals surface area (Å²) in [6.07, 6.45) is 3.06. The van der Waals surface area contributed by atoms with Crippen molar-refractivity contribution in [3.8, 4) is 0 Å². The fourth-order valence-electron chi connectivity index (χ4n) is 1.15. The molecular formula is C9H6Cl2N2OS. The van der Waals surface area contributed by atoms with E-state index in [1.54, 1.807) is 10.9 Å². The Balaban J connectivity index is 2.14. The first-order chi connectivity index (χ1) is 7.15. The molecule has 6 heteroatoms. The molecule has 2 aromatic rings. The molecule has 0 saturated carbocycles. The van der Waals surface area contributed by atoms with Crippen LogP contribution in [0.25, 0.3) is 0 Å². The molecule has 0 atom stereocenters. The Morgan fingerprint density at radius 2 is 2.33 bits per heavy atom. The molecule has 3 nitrogen and oxygen atoms in total. The number of carbonyl (C=O) groups is 1. The first kappa shape index (κ1) is 10.7. The highest BCUT2D eigenvalue weighted by Crippen LogP contribution is 2.22. The fourth-order valence-corrected chi connectivity index (χ4v) is 2.33. The van der Waals surface area contributed by atoms with Crippen molar-refractivity contribution >= 4 is 39.8 Å². The Bertz CT molecular complexity index is 492. The number of hydrogen-bond donors (Lipinski definition) is 0. The Hall–Kier alpha value is -0.840. The van der Waals surface area contributed by atoms with Gasteiger partial charge in [-0.25, -0.2) is 0 Å². The van der Waals surface area contributed by atoms with Gasteiger partial charge in [0, 0.05) is 11.1 Å². The normalized spacial score (nSPS) is 10.5. The van der Waals surface area contributed by atoms with E-state index in [-0.39, 0.29) is 0 Å². The van der Waals surface area contributed by atoms with E-state index in [0.29, 0.717) is 12.1 Å². The summed E-state index contributed by atoms with van der Waals surface area (Å²) in [5, 5.41) is 3.52. The third kappa shape index (κ3) is 2.59. The van der Waals surface area contributed by atoms with Crippen LogP contribution in [0.15, 0.2) is 24.5 Å². The highest BCUT2D eigenvalue weighted by molar-refractivity contribution is 7.16. The van der Waals surface area contributed by atoms with Crippen LogP contribution in [0.1, 0.15) is 15.2 Å². The molecular weight excluding hydrogens is 255 g/mol. The van der Waals surface area contributed by atoms with Crippen LogP contribution in [0.3, 0.4) is 0 Å². The average Bonchev–Trinajstić information content (AvgIpc) is 2.76. The third-order valence-electron chi connectivity index (χ3n) is 1.81. The Kier molecular flexibility index (Phi) is 3.09. The molecule has 0 spiro atoms. The maximum absolute atomic E-state index is 10.8. The van der Waals surface area contributed by atoms with E-state index in [0.717, 1.165) is 9.21 Å². The van der Waals surface area contributed by atoms with Gasteiger partial charge < -0.3 is 0 Å². The van der Waals surface area contributed by atoms with E-state index in [2.05, 4.69) is 5.10 Å². The number of hydrogen-bond acceptors (Lipinski definition) is 3. The molecule has 0 aliphatic heterocycles. The van der Waals surface area contributed by atoms with Gasteiger partial charge in [0.2, 0.25) is 0 Å². The maximum Gasteiger partial charge on any atom is 0.255 e. The van der Waals surface area contributed by atoms with Gasteiger partial charge in [0.15, 0.2) is 0 Å². The lowest BCUT2D eigenvalue weighted by Crippen LogP contribution is -1.97. The zero-order valence-corrected chi connectivity index (χ0v) is 9.81. The molecule has 2 rings (SSSR count). The molecule has 0 amide bonds. The van der Waals surface area contributed by atoms with E-state index >= 15 is 0 Å². The van der Waals surface area contributed by atoms with Gasteiger partial charge in [-0.05, 0) is 23.7 Å². The summed E-state index contributed by atoms with van der Waals surface area (Å²) in [6, 6.07) is 3.76. The van der Waals surface area contributed by atoms with Gasteiger partial charge in [-0.1, -0.05) is 11.6 Å². The smallest absolute Gasteiger partial charge is 0.255 e. The average molecular weight is 261 g/mol. The molecule has 15 heavy (non-hydrogen) atoms. The van der Waals surface area contributed by atoms with E-state index in [1.165, 1.54) is 17.5 Å². The molecule has 78 valence electrons. The molecule has 0 saturated heterocycles. The topological polar surface area (TPSA) is 34.9 Å². The lowest BCUT2D eigenvalue weighted by atomic mass is 10.4. The second kappa shape index (κ2) is 4.35. The first-order valence-corrected chi connectivity index (χ1v) is 5.69. The highest BCUT2D eigenvalue weighted by Gasteiger charge is 2.06. The minimum Gasteiger partial charge on any atom is -0.275 e. The lowest BCUT2D eigenvalue weighted by Gasteiger charge is -1.96. The predicted molar refractivity (Wildman–Crippen MR) is 60.8 cm³/mol. The van der Waals surface area contributed by atoms with Gasteiger partial charge in [-0.15, -0.1) is 11.3 Å². The van der Waals surface area contributed by atoms with Crippen molar-refractivity contribution in [1.82, 2.24) is 9.78 Å². The largest absolute Gasteiger partial charge is 0.275 e. The molecule has 0 radical (unpaired) electrons. The van der Waals surface area contributed by atoms with Gasteiger partial charge in [0.1, 0.15) is 0 Å². The van der Waals surface area contributed by atoms with E-state index in [4.69, 9.17) is 23.2 Å². The van der Waals surface area contributed by atoms with E-state index in [1.807, 2.05) is 12.1 Å². The lowest BCUT2D eigenvalue weighted by molar-refractivity contribution is 0.108. The van der Waals surface area contributed by atoms with E-state index in [9.17, 15) is 4.79 Å². The highest BCUT2D eigenvalue weighted by atomic mass is 35.5. The molecule has 0 unspecified atom stereocenters. The predicted octanol–water partition coefficient (Wildman–Crippen LogP) is 3.03. The van der Waals surface area contributed by atoms with Gasteiger partial charge in [-0.2, -0.15) is 5.10 Å². The van der Waals surface area contributed by atoms with Crippen molar-refractivity contribution in [3.05, 3.63) is 39.3 Å². The Morgan fingerprint density at radius 1 is 1.53 bits per heavy atom. The molecule has 0 aliphatic rings. The molecule has 0 bridgehead atoms. The van der Waals surface area contributed by atoms with Gasteiger partial charge in [0.05, 0.1) is 22.6 Å². The number of aromatic nitrogens is 2. The minimum atomic E-state index is -0.495. The molecule has 0 fully saturated rings. The first-order valence-electron chi connectivity index (χ1n) is 4.11. The number of halogens is 2. The van der Waals surface area contributed by atoms with Gasteiger partial charge in [-0.3, -0.25) is 9.48 Å². The number of carbonyl (C=O) groups excluding carboxylic acids is 1. The number of rotatable bonds is 3. The van der Waals surface area contributed by atoms with Crippen LogP contribution in [-0.4, -0.2) is 15.0 Å². The van der Waals surface area contributed by atoms with Crippen LogP contribution < -0.4 is 0 Å². The Morgan fingerprint density at radius 3 is 2.87 bits per heavy atom.